The second-order valence-corrected chi connectivity index (χ2v) is 4.84. The van der Waals surface area contributed by atoms with Crippen LogP contribution in [0.1, 0.15) is 36.3 Å². The van der Waals surface area contributed by atoms with Crippen molar-refractivity contribution in [2.75, 3.05) is 0 Å². The molecule has 0 fully saturated rings. The van der Waals surface area contributed by atoms with Crippen molar-refractivity contribution in [3.63, 3.8) is 0 Å². The molecule has 0 saturated carbocycles. The number of rotatable bonds is 6. The van der Waals surface area contributed by atoms with Crippen molar-refractivity contribution in [3.05, 3.63) is 28.5 Å². The van der Waals surface area contributed by atoms with E-state index < -0.39 is 24.0 Å². The molecule has 1 heterocycles. The molecule has 1 aromatic rings. The van der Waals surface area contributed by atoms with Gasteiger partial charge in [0.25, 0.3) is 5.91 Å². The Morgan fingerprint density at radius 1 is 1.45 bits per heavy atom. The van der Waals surface area contributed by atoms with Crippen LogP contribution in [0.4, 0.5) is 0 Å². The van der Waals surface area contributed by atoms with Gasteiger partial charge in [0.05, 0.1) is 6.10 Å². The lowest BCUT2D eigenvalue weighted by Crippen LogP contribution is -2.47. The Kier molecular flexibility index (Phi) is 5.91. The fourth-order valence-corrected chi connectivity index (χ4v) is 1.91. The fourth-order valence-electron chi connectivity index (χ4n) is 1.68. The van der Waals surface area contributed by atoms with Gasteiger partial charge in [-0.05, 0) is 25.5 Å². The van der Waals surface area contributed by atoms with E-state index in [2.05, 4.69) is 10.3 Å². The first-order valence-corrected chi connectivity index (χ1v) is 6.61. The molecule has 3 N–H and O–H groups in total. The van der Waals surface area contributed by atoms with Crippen LogP contribution >= 0.6 is 11.6 Å². The van der Waals surface area contributed by atoms with Crippen molar-refractivity contribution in [2.45, 2.75) is 38.8 Å². The van der Waals surface area contributed by atoms with Crippen LogP contribution in [0.3, 0.4) is 0 Å². The Morgan fingerprint density at radius 2 is 2.10 bits per heavy atom. The Balaban J connectivity index is 2.94. The molecule has 0 unspecified atom stereocenters. The van der Waals surface area contributed by atoms with Crippen LogP contribution < -0.4 is 5.32 Å². The number of aliphatic carboxylic acids is 1. The molecule has 7 heteroatoms. The van der Waals surface area contributed by atoms with Crippen LogP contribution in [0, 0.1) is 0 Å². The SMILES string of the molecule is CCCc1cc(C(=O)N[C@H](C(=O)O)[C@@H](C)O)cc(Cl)n1. The summed E-state index contributed by atoms with van der Waals surface area (Å²) in [6, 6.07) is 1.55. The molecule has 0 aromatic carbocycles. The molecule has 6 nitrogen and oxygen atoms in total. The first-order chi connectivity index (χ1) is 9.35. The molecule has 1 rings (SSSR count). The van der Waals surface area contributed by atoms with E-state index in [0.717, 1.165) is 6.42 Å². The third-order valence-electron chi connectivity index (χ3n) is 2.65. The van der Waals surface area contributed by atoms with Crippen molar-refractivity contribution in [1.82, 2.24) is 10.3 Å². The zero-order chi connectivity index (χ0) is 15.3. The minimum atomic E-state index is -1.37. The van der Waals surface area contributed by atoms with Crippen molar-refractivity contribution >= 4 is 23.5 Å². The third kappa shape index (κ3) is 4.47. The van der Waals surface area contributed by atoms with E-state index in [4.69, 9.17) is 16.7 Å². The van der Waals surface area contributed by atoms with Gasteiger partial charge in [-0.15, -0.1) is 0 Å². The lowest BCUT2D eigenvalue weighted by Gasteiger charge is -2.17. The monoisotopic (exact) mass is 300 g/mol. The summed E-state index contributed by atoms with van der Waals surface area (Å²) in [5.74, 6) is -1.91. The number of hydrogen-bond acceptors (Lipinski definition) is 4. The number of carbonyl (C=O) groups is 2. The van der Waals surface area contributed by atoms with E-state index in [1.807, 2.05) is 6.92 Å². The Morgan fingerprint density at radius 3 is 2.60 bits per heavy atom. The number of aliphatic hydroxyl groups excluding tert-OH is 1. The van der Waals surface area contributed by atoms with Gasteiger partial charge in [0, 0.05) is 11.3 Å². The van der Waals surface area contributed by atoms with E-state index in [-0.39, 0.29) is 10.7 Å². The summed E-state index contributed by atoms with van der Waals surface area (Å²) in [7, 11) is 0. The molecule has 110 valence electrons. The topological polar surface area (TPSA) is 99.5 Å². The zero-order valence-electron chi connectivity index (χ0n) is 11.3. The summed E-state index contributed by atoms with van der Waals surface area (Å²) in [5.41, 5.74) is 0.884. The van der Waals surface area contributed by atoms with Gasteiger partial charge in [-0.1, -0.05) is 24.9 Å². The molecule has 0 aliphatic carbocycles. The van der Waals surface area contributed by atoms with Crippen LogP contribution in [0.2, 0.25) is 5.15 Å². The highest BCUT2D eigenvalue weighted by atomic mass is 35.5. The van der Waals surface area contributed by atoms with Crippen molar-refractivity contribution in [3.8, 4) is 0 Å². The quantitative estimate of drug-likeness (QED) is 0.687. The number of carboxylic acids is 1. The first-order valence-electron chi connectivity index (χ1n) is 6.23. The van der Waals surface area contributed by atoms with Gasteiger partial charge in [-0.2, -0.15) is 0 Å². The lowest BCUT2D eigenvalue weighted by molar-refractivity contribution is -0.141. The van der Waals surface area contributed by atoms with Gasteiger partial charge < -0.3 is 15.5 Å². The highest BCUT2D eigenvalue weighted by Crippen LogP contribution is 2.13. The van der Waals surface area contributed by atoms with Gasteiger partial charge in [0.1, 0.15) is 5.15 Å². The second-order valence-electron chi connectivity index (χ2n) is 4.45. The molecular formula is C13H17ClN2O4. The molecule has 1 aromatic heterocycles. The first kappa shape index (κ1) is 16.4. The van der Waals surface area contributed by atoms with Gasteiger partial charge in [-0.3, -0.25) is 4.79 Å². The Labute approximate surface area is 121 Å². The molecular weight excluding hydrogens is 284 g/mol. The van der Waals surface area contributed by atoms with Crippen LogP contribution in [-0.2, 0) is 11.2 Å². The van der Waals surface area contributed by atoms with Gasteiger partial charge in [0.15, 0.2) is 6.04 Å². The number of nitrogens with zero attached hydrogens (tertiary/aromatic N) is 1. The maximum absolute atomic E-state index is 12.0. The van der Waals surface area contributed by atoms with Crippen molar-refractivity contribution in [2.24, 2.45) is 0 Å². The minimum absolute atomic E-state index is 0.171. The molecule has 0 radical (unpaired) electrons. The summed E-state index contributed by atoms with van der Waals surface area (Å²) < 4.78 is 0. The Hall–Kier alpha value is -1.66. The Bertz CT molecular complexity index is 505. The van der Waals surface area contributed by atoms with Crippen LogP contribution in [0.5, 0.6) is 0 Å². The molecule has 0 bridgehead atoms. The number of carbonyl (C=O) groups excluding carboxylic acids is 1. The van der Waals surface area contributed by atoms with Crippen molar-refractivity contribution < 1.29 is 19.8 Å². The lowest BCUT2D eigenvalue weighted by atomic mass is 10.1. The number of pyridine rings is 1. The number of aryl methyl sites for hydroxylation is 1. The number of halogens is 1. The molecule has 0 saturated heterocycles. The molecule has 2 atom stereocenters. The maximum atomic E-state index is 12.0. The number of hydrogen-bond donors (Lipinski definition) is 3. The maximum Gasteiger partial charge on any atom is 0.328 e. The summed E-state index contributed by atoms with van der Waals surface area (Å²) in [6.07, 6.45) is 0.309. The van der Waals surface area contributed by atoms with E-state index >= 15 is 0 Å². The molecule has 0 aliphatic rings. The summed E-state index contributed by atoms with van der Waals surface area (Å²) in [5, 5.41) is 20.7. The average Bonchev–Trinajstić information content (AvgIpc) is 2.34. The largest absolute Gasteiger partial charge is 0.480 e. The molecule has 20 heavy (non-hydrogen) atoms. The normalized spacial score (nSPS) is 13.6. The summed E-state index contributed by atoms with van der Waals surface area (Å²) in [4.78, 5) is 27.0. The summed E-state index contributed by atoms with van der Waals surface area (Å²) in [6.45, 7) is 3.26. The van der Waals surface area contributed by atoms with Gasteiger partial charge >= 0.3 is 5.97 Å². The predicted molar refractivity (Wildman–Crippen MR) is 73.8 cm³/mol. The van der Waals surface area contributed by atoms with E-state index in [9.17, 15) is 14.7 Å². The number of aliphatic hydroxyl groups is 1. The van der Waals surface area contributed by atoms with Gasteiger partial charge in [0.2, 0.25) is 0 Å². The molecule has 0 aliphatic heterocycles. The highest BCUT2D eigenvalue weighted by Gasteiger charge is 2.25. The highest BCUT2D eigenvalue weighted by molar-refractivity contribution is 6.29. The van der Waals surface area contributed by atoms with Crippen molar-refractivity contribution in [1.29, 1.82) is 0 Å². The average molecular weight is 301 g/mol. The molecule has 0 spiro atoms. The third-order valence-corrected chi connectivity index (χ3v) is 2.84. The van der Waals surface area contributed by atoms with E-state index in [0.29, 0.717) is 12.1 Å². The fraction of sp³-hybridized carbons (Fsp3) is 0.462. The second kappa shape index (κ2) is 7.21. The van der Waals surface area contributed by atoms with Gasteiger partial charge in [-0.25, -0.2) is 9.78 Å². The van der Waals surface area contributed by atoms with Crippen LogP contribution in [0.25, 0.3) is 0 Å². The van der Waals surface area contributed by atoms with Crippen LogP contribution in [-0.4, -0.2) is 39.2 Å². The zero-order valence-corrected chi connectivity index (χ0v) is 12.0. The standard InChI is InChI=1S/C13H17ClN2O4/c1-3-4-9-5-8(6-10(14)15-9)12(18)16-11(7(2)17)13(19)20/h5-7,11,17H,3-4H2,1-2H3,(H,16,18)(H,19,20)/t7-,11+/m1/s1. The summed E-state index contributed by atoms with van der Waals surface area (Å²) >= 11 is 5.83. The van der Waals surface area contributed by atoms with Crippen LogP contribution in [0.15, 0.2) is 12.1 Å². The number of nitrogens with one attached hydrogen (secondary N) is 1. The minimum Gasteiger partial charge on any atom is -0.480 e. The predicted octanol–water partition coefficient (Wildman–Crippen LogP) is 1.25. The number of carboxylic acid groups (broad SMARTS) is 1. The number of amides is 1. The smallest absolute Gasteiger partial charge is 0.328 e. The van der Waals surface area contributed by atoms with E-state index in [1.54, 1.807) is 6.07 Å². The molecule has 1 amide bonds. The number of aromatic nitrogens is 1. The van der Waals surface area contributed by atoms with E-state index in [1.165, 1.54) is 13.0 Å².